The molecule has 9 heterocycles. The van der Waals surface area contributed by atoms with Gasteiger partial charge in [0.25, 0.3) is 0 Å². The predicted octanol–water partition coefficient (Wildman–Crippen LogP) is -20.3. The molecule has 1 unspecified atom stereocenters. The van der Waals surface area contributed by atoms with Crippen LogP contribution in [0.1, 0.15) is 13.8 Å². The molecule has 0 radical (unpaired) electrons. The van der Waals surface area contributed by atoms with Crippen molar-refractivity contribution in [2.45, 2.75) is 290 Å². The smallest absolute Gasteiger partial charge is 0.217 e. The second kappa shape index (κ2) is 37.9. The zero-order chi connectivity index (χ0) is 77.9. The number of nitrogens with one attached hydrogen (secondary N) is 2. The Morgan fingerprint density at radius 1 is 0.245 bits per heavy atom. The van der Waals surface area contributed by atoms with Crippen molar-refractivity contribution < 1.29 is 228 Å². The Kier molecular flexibility index (Phi) is 31.1. The van der Waals surface area contributed by atoms with E-state index in [1.807, 2.05) is 0 Å². The fourth-order valence-corrected chi connectivity index (χ4v) is 13.5. The summed E-state index contributed by atoms with van der Waals surface area (Å²) in [4.78, 5) is 25.0. The molecular formula is C58H98N2O46. The molecule has 0 aliphatic carbocycles. The van der Waals surface area contributed by atoms with E-state index in [0.717, 1.165) is 13.8 Å². The highest BCUT2D eigenvalue weighted by molar-refractivity contribution is 5.73. The average molecular weight is 1560 g/mol. The van der Waals surface area contributed by atoms with E-state index >= 15 is 0 Å². The molecule has 45 atom stereocenters. The van der Waals surface area contributed by atoms with Crippen molar-refractivity contribution >= 4 is 11.8 Å². The quantitative estimate of drug-likeness (QED) is 0.0363. The third-order valence-electron chi connectivity index (χ3n) is 19.5. The number of aliphatic hydroxyl groups excluding tert-OH is 27. The number of carbonyl (C=O) groups excluding carboxylic acids is 2. The lowest BCUT2D eigenvalue weighted by Crippen LogP contribution is -2.70. The Hall–Kier alpha value is -2.82. The van der Waals surface area contributed by atoms with Crippen LogP contribution in [0.2, 0.25) is 0 Å². The average Bonchev–Trinajstić information content (AvgIpc) is 0.778. The minimum absolute atomic E-state index is 0.785. The molecule has 0 aromatic heterocycles. The maximum Gasteiger partial charge on any atom is 0.217 e. The first-order chi connectivity index (χ1) is 50.2. The highest BCUT2D eigenvalue weighted by atomic mass is 16.8. The predicted molar refractivity (Wildman–Crippen MR) is 320 cm³/mol. The van der Waals surface area contributed by atoms with Crippen molar-refractivity contribution in [2.24, 2.45) is 0 Å². The van der Waals surface area contributed by atoms with Gasteiger partial charge in [-0.1, -0.05) is 0 Å². The molecule has 9 aliphatic heterocycles. The van der Waals surface area contributed by atoms with E-state index in [2.05, 4.69) is 10.6 Å². The van der Waals surface area contributed by atoms with Gasteiger partial charge in [0, 0.05) is 13.8 Å². The number of hydrogen-bond donors (Lipinski definition) is 29. The summed E-state index contributed by atoms with van der Waals surface area (Å²) in [5, 5.41) is 301. The lowest BCUT2D eigenvalue weighted by Gasteiger charge is -2.51. The van der Waals surface area contributed by atoms with E-state index in [9.17, 15) is 147 Å². The molecule has 9 fully saturated rings. The lowest BCUT2D eigenvalue weighted by molar-refractivity contribution is -0.400. The van der Waals surface area contributed by atoms with Crippen LogP contribution in [0.25, 0.3) is 0 Å². The van der Waals surface area contributed by atoms with Crippen LogP contribution in [0.15, 0.2) is 0 Å². The highest BCUT2D eigenvalue weighted by Gasteiger charge is 2.60. The number of ether oxygens (including phenoxy) is 17. The first-order valence-corrected chi connectivity index (χ1v) is 33.7. The van der Waals surface area contributed by atoms with Gasteiger partial charge in [0.2, 0.25) is 11.8 Å². The van der Waals surface area contributed by atoms with E-state index in [1.54, 1.807) is 0 Å². The van der Waals surface area contributed by atoms with Gasteiger partial charge in [0.1, 0.15) is 220 Å². The van der Waals surface area contributed by atoms with E-state index < -0.39 is 348 Å². The summed E-state index contributed by atoms with van der Waals surface area (Å²) in [6, 6.07) is -3.56. The van der Waals surface area contributed by atoms with Gasteiger partial charge in [-0.3, -0.25) is 9.59 Å². The maximum atomic E-state index is 12.9. The molecule has 9 aliphatic rings. The summed E-state index contributed by atoms with van der Waals surface area (Å²) in [5.74, 6) is -1.73. The van der Waals surface area contributed by atoms with Crippen molar-refractivity contribution in [1.82, 2.24) is 10.6 Å². The Morgan fingerprint density at radius 2 is 0.509 bits per heavy atom. The topological polar surface area (TPSA) is 761 Å². The summed E-state index contributed by atoms with van der Waals surface area (Å²) in [7, 11) is 0. The van der Waals surface area contributed by atoms with Crippen molar-refractivity contribution in [1.29, 1.82) is 0 Å². The van der Waals surface area contributed by atoms with Crippen molar-refractivity contribution in [3.63, 3.8) is 0 Å². The number of rotatable bonds is 27. The van der Waals surface area contributed by atoms with E-state index in [0.29, 0.717) is 0 Å². The molecule has 0 aromatic carbocycles. The van der Waals surface area contributed by atoms with Gasteiger partial charge in [0.05, 0.1) is 59.5 Å². The fourth-order valence-electron chi connectivity index (χ4n) is 13.5. The zero-order valence-electron chi connectivity index (χ0n) is 56.2. The largest absolute Gasteiger partial charge is 0.394 e. The van der Waals surface area contributed by atoms with Crippen LogP contribution < -0.4 is 10.6 Å². The van der Waals surface area contributed by atoms with Gasteiger partial charge in [0.15, 0.2) is 56.6 Å². The highest BCUT2D eigenvalue weighted by Crippen LogP contribution is 2.39. The minimum Gasteiger partial charge on any atom is -0.394 e. The number of carbonyl (C=O) groups is 2. The molecule has 2 amide bonds. The molecule has 0 bridgehead atoms. The van der Waals surface area contributed by atoms with Crippen molar-refractivity contribution in [2.75, 3.05) is 59.5 Å². The Balaban J connectivity index is 1.05. The van der Waals surface area contributed by atoms with Gasteiger partial charge >= 0.3 is 0 Å². The molecule has 616 valence electrons. The molecular weight excluding hydrogens is 1460 g/mol. The summed E-state index contributed by atoms with van der Waals surface area (Å²) >= 11 is 0. The first-order valence-electron chi connectivity index (χ1n) is 33.7. The first kappa shape index (κ1) is 87.2. The monoisotopic (exact) mass is 1560 g/mol. The lowest BCUT2D eigenvalue weighted by atomic mass is 9.94. The molecule has 0 saturated carbocycles. The van der Waals surface area contributed by atoms with Gasteiger partial charge in [-0.25, -0.2) is 0 Å². The van der Waals surface area contributed by atoms with Crippen LogP contribution >= 0.6 is 0 Å². The van der Waals surface area contributed by atoms with Crippen LogP contribution in [-0.2, 0) is 90.1 Å². The van der Waals surface area contributed by atoms with Crippen LogP contribution in [0.3, 0.4) is 0 Å². The van der Waals surface area contributed by atoms with Gasteiger partial charge in [-0.2, -0.15) is 0 Å². The Labute approximate surface area is 598 Å². The summed E-state index contributed by atoms with van der Waals surface area (Å²) in [6.45, 7) is -7.78. The molecule has 0 aromatic rings. The molecule has 9 rings (SSSR count). The standard InChI is InChI=1S/C58H98N2O46/c1-12(68)59-23-32(77)44(19(8-66)92-50(23)89)101-51-24(60-13(2)69)33(78)45(20(9-67)98-51)102-55-43(88)46(103-58-49(38(83)29(74)18(7-65)97-58)106-54-42(87)36(81)27(72)16(5-63)95-54)31(76)22(99-55)11-91-57-48(105-53-41(86)35(80)26(71)15(4-62)94-53)39(84)30(75)21(100-57)10-90-56-47(37(82)28(73)17(6-64)96-56)104-52-40(85)34(79)25(70)14(3-61)93-52/h14-58,61-67,70-89H,3-11H2,1-2H3,(H,59,68)(H,60,69)/t14-,15-,16-,17-,18-,19-,20-,21-,22-,23-,24-,25-,26-,27-,28-,29-,30-,31-,32-,33-,34+,35+,36+,37+,38+,39+,40+,41+,42+,43+,44-,45-,46+,47+,48+,49+,50?,51+,52-,53-,54-,55+,56+,57+,58-/m1/s1. The second-order valence-corrected chi connectivity index (χ2v) is 26.7. The normalized spacial score (nSPS) is 51.2. The van der Waals surface area contributed by atoms with Crippen molar-refractivity contribution in [3.05, 3.63) is 0 Å². The second-order valence-electron chi connectivity index (χ2n) is 26.7. The van der Waals surface area contributed by atoms with Crippen molar-refractivity contribution in [3.8, 4) is 0 Å². The van der Waals surface area contributed by atoms with Crippen LogP contribution in [-0.4, -0.2) is 485 Å². The number of aliphatic hydroxyl groups is 27. The zero-order valence-corrected chi connectivity index (χ0v) is 56.2. The number of amides is 2. The molecule has 106 heavy (non-hydrogen) atoms. The molecule has 48 nitrogen and oxygen atoms in total. The summed E-state index contributed by atoms with van der Waals surface area (Å²) in [6.07, 6.45) is -90.4. The third kappa shape index (κ3) is 18.7. The summed E-state index contributed by atoms with van der Waals surface area (Å²) in [5.41, 5.74) is 0. The van der Waals surface area contributed by atoms with E-state index in [4.69, 9.17) is 80.5 Å². The van der Waals surface area contributed by atoms with Gasteiger partial charge < -0.3 is 229 Å². The van der Waals surface area contributed by atoms with Gasteiger partial charge in [-0.15, -0.1) is 0 Å². The molecule has 9 saturated heterocycles. The van der Waals surface area contributed by atoms with E-state index in [-0.39, 0.29) is 0 Å². The Morgan fingerprint density at radius 3 is 0.906 bits per heavy atom. The summed E-state index contributed by atoms with van der Waals surface area (Å²) < 4.78 is 99.1. The SMILES string of the molecule is CC(=O)N[C@H]1[C@H](O[C@H]2[C@H](O)[C@@H](NC(C)=O)C(O)O[C@@H]2CO)O[C@H](CO)[C@@H](O[C@@H]2O[C@H](CO[C@H]3O[C@H](CO[C@H]4O[C@H](CO)[C@@H](O)[C@H](O)[C@@H]4O[C@H]4O[C@H](CO)[C@@H](O)[C@H](O)[C@@H]4O)[C@@H](O)[C@H](O)[C@@H]3O[C@H]3O[C@H](CO)[C@@H](O)[C@H](O)[C@@H]3O)[C@@H](O)[C@H](O[C@H]3O[C@H](CO)[C@@H](O)[C@H](O)[C@@H]3O[C@H]3O[C@H](CO)[C@@H](O)[C@H](O)[C@@H]3O)[C@@H]2O)[C@@H]1O. The van der Waals surface area contributed by atoms with E-state index in [1.165, 1.54) is 0 Å². The third-order valence-corrected chi connectivity index (χ3v) is 19.5. The molecule has 48 heteroatoms. The number of hydrogen-bond acceptors (Lipinski definition) is 46. The van der Waals surface area contributed by atoms with Gasteiger partial charge in [-0.05, 0) is 0 Å². The molecule has 0 spiro atoms. The minimum atomic E-state index is -2.55. The molecule has 29 N–H and O–H groups in total. The Bertz CT molecular complexity index is 2710. The fraction of sp³-hybridized carbons (Fsp3) is 0.966. The van der Waals surface area contributed by atoms with Crippen LogP contribution in [0.4, 0.5) is 0 Å². The van der Waals surface area contributed by atoms with Crippen LogP contribution in [0.5, 0.6) is 0 Å². The van der Waals surface area contributed by atoms with Crippen LogP contribution in [0, 0.1) is 0 Å². The maximum absolute atomic E-state index is 12.9.